The monoisotopic (exact) mass is 529 g/mol. The number of hydrogen-bond donors (Lipinski definition) is 3. The van der Waals surface area contributed by atoms with Crippen molar-refractivity contribution in [2.24, 2.45) is 0 Å². The summed E-state index contributed by atoms with van der Waals surface area (Å²) in [6.45, 7) is 9.57. The highest BCUT2D eigenvalue weighted by Crippen LogP contribution is 2.38. The minimum atomic E-state index is -1.31. The van der Waals surface area contributed by atoms with Gasteiger partial charge in [-0.25, -0.2) is 4.98 Å². The average molecular weight is 530 g/mol. The highest BCUT2D eigenvalue weighted by molar-refractivity contribution is 5.89. The van der Waals surface area contributed by atoms with Crippen molar-refractivity contribution in [2.45, 2.75) is 64.6 Å². The maximum Gasteiger partial charge on any atom is 0.254 e. The van der Waals surface area contributed by atoms with E-state index in [1.165, 1.54) is 28.5 Å². The maximum absolute atomic E-state index is 13.7. The fourth-order valence-electron chi connectivity index (χ4n) is 6.66. The van der Waals surface area contributed by atoms with Crippen LogP contribution in [0.2, 0.25) is 0 Å². The van der Waals surface area contributed by atoms with Crippen LogP contribution in [0.3, 0.4) is 0 Å². The minimum absolute atomic E-state index is 0.121. The van der Waals surface area contributed by atoms with Crippen LogP contribution < -0.4 is 16.2 Å². The predicted octanol–water partition coefficient (Wildman–Crippen LogP) is 2.48. The highest BCUT2D eigenvalue weighted by Gasteiger charge is 2.30. The predicted molar refractivity (Wildman–Crippen MR) is 153 cm³/mol. The first-order chi connectivity index (χ1) is 19.1. The first-order valence-electron chi connectivity index (χ1n) is 14.6. The van der Waals surface area contributed by atoms with E-state index in [-0.39, 0.29) is 5.56 Å². The van der Waals surface area contributed by atoms with Gasteiger partial charge in [-0.15, -0.1) is 0 Å². The molecule has 0 amide bonds. The molecule has 0 bridgehead atoms. The van der Waals surface area contributed by atoms with Gasteiger partial charge in [0.2, 0.25) is 0 Å². The van der Waals surface area contributed by atoms with Gasteiger partial charge >= 0.3 is 0 Å². The molecule has 3 N–H and O–H groups in total. The Balaban J connectivity index is 1.37. The Bertz CT molecular complexity index is 1460. The Morgan fingerprint density at radius 2 is 1.95 bits per heavy atom. The highest BCUT2D eigenvalue weighted by atomic mass is 16.3. The van der Waals surface area contributed by atoms with Gasteiger partial charge in [-0.1, -0.05) is 13.3 Å². The van der Waals surface area contributed by atoms with Crippen molar-refractivity contribution in [3.63, 3.8) is 0 Å². The van der Waals surface area contributed by atoms with E-state index in [1.54, 1.807) is 4.57 Å². The van der Waals surface area contributed by atoms with Gasteiger partial charge in [0.05, 0.1) is 23.4 Å². The number of fused-ring (bicyclic) bond motifs is 5. The van der Waals surface area contributed by atoms with Crippen LogP contribution >= 0.6 is 0 Å². The summed E-state index contributed by atoms with van der Waals surface area (Å²) < 4.78 is 1.80. The summed E-state index contributed by atoms with van der Waals surface area (Å²) in [5.74, 6) is 0. The lowest BCUT2D eigenvalue weighted by Gasteiger charge is -2.27. The molecule has 1 atom stereocenters. The van der Waals surface area contributed by atoms with Crippen LogP contribution in [0.4, 0.5) is 0 Å². The Labute approximate surface area is 229 Å². The van der Waals surface area contributed by atoms with Crippen LogP contribution in [-0.2, 0) is 37.1 Å². The summed E-state index contributed by atoms with van der Waals surface area (Å²) in [5, 5.41) is 18.8. The van der Waals surface area contributed by atoms with E-state index >= 15 is 0 Å². The molecule has 1 aliphatic carbocycles. The van der Waals surface area contributed by atoms with Crippen molar-refractivity contribution in [2.75, 3.05) is 39.3 Å². The quantitative estimate of drug-likeness (QED) is 0.214. The number of hydrogen-bond acceptors (Lipinski definition) is 7. The van der Waals surface area contributed by atoms with Crippen molar-refractivity contribution < 1.29 is 9.90 Å². The number of aliphatic hydroxyl groups excluding tert-OH is 1. The largest absolute Gasteiger partial charge is 0.381 e. The first kappa shape index (κ1) is 26.3. The van der Waals surface area contributed by atoms with E-state index in [2.05, 4.69) is 27.7 Å². The van der Waals surface area contributed by atoms with Gasteiger partial charge in [0.25, 0.3) is 5.56 Å². The van der Waals surface area contributed by atoms with E-state index in [0.717, 1.165) is 88.3 Å². The molecule has 8 heteroatoms. The van der Waals surface area contributed by atoms with Gasteiger partial charge in [-0.05, 0) is 85.6 Å². The average Bonchev–Trinajstić information content (AvgIpc) is 3.57. The standard InChI is InChI=1S/C31H39N5O3/c1-2-5-22-24(29(38)19-37)16-28-30-26(18-36(28)31(22)39)25(17-33-8-4-11-35-12-9-32-10-13-35)23-14-20-6-3-7-21(20)15-27(23)34-30/h14-16,19,29,32-33,38H,2-13,17-18H2,1H3. The molecule has 1 saturated heterocycles. The Kier molecular flexibility index (Phi) is 7.62. The Morgan fingerprint density at radius 3 is 2.72 bits per heavy atom. The summed E-state index contributed by atoms with van der Waals surface area (Å²) in [6.07, 6.45) is 4.94. The van der Waals surface area contributed by atoms with Crippen molar-refractivity contribution in [1.82, 2.24) is 25.1 Å². The van der Waals surface area contributed by atoms with Crippen LogP contribution in [0.5, 0.6) is 0 Å². The topological polar surface area (TPSA) is 99.5 Å². The Hall–Kier alpha value is -2.91. The van der Waals surface area contributed by atoms with Crippen molar-refractivity contribution in [3.8, 4) is 11.4 Å². The zero-order chi connectivity index (χ0) is 26.9. The van der Waals surface area contributed by atoms with Crippen molar-refractivity contribution >= 4 is 17.2 Å². The molecule has 1 unspecified atom stereocenters. The second kappa shape index (κ2) is 11.3. The summed E-state index contributed by atoms with van der Waals surface area (Å²) in [5.41, 5.74) is 8.37. The lowest BCUT2D eigenvalue weighted by molar-refractivity contribution is -0.115. The molecule has 1 aromatic carbocycles. The van der Waals surface area contributed by atoms with Gasteiger partial charge in [0.1, 0.15) is 6.10 Å². The second-order valence-corrected chi connectivity index (χ2v) is 11.2. The summed E-state index contributed by atoms with van der Waals surface area (Å²) in [4.78, 5) is 32.8. The van der Waals surface area contributed by atoms with Gasteiger partial charge < -0.3 is 30.0 Å². The van der Waals surface area contributed by atoms with Crippen LogP contribution in [0.1, 0.15) is 65.7 Å². The number of nitrogens with one attached hydrogen (secondary N) is 2. The summed E-state index contributed by atoms with van der Waals surface area (Å²) in [7, 11) is 0. The fraction of sp³-hybridized carbons (Fsp3) is 0.516. The lowest BCUT2D eigenvalue weighted by atomic mass is 9.96. The normalized spacial score (nSPS) is 17.3. The zero-order valence-electron chi connectivity index (χ0n) is 22.9. The maximum atomic E-state index is 13.7. The zero-order valence-corrected chi connectivity index (χ0v) is 22.9. The number of aldehydes is 1. The third-order valence-electron chi connectivity index (χ3n) is 8.70. The molecule has 0 radical (unpaired) electrons. The van der Waals surface area contributed by atoms with E-state index in [1.807, 2.05) is 13.0 Å². The van der Waals surface area contributed by atoms with Gasteiger partial charge in [0.15, 0.2) is 6.29 Å². The number of carbonyl (C=O) groups is 1. The molecule has 3 aromatic rings. The third kappa shape index (κ3) is 4.95. The molecule has 0 saturated carbocycles. The third-order valence-corrected chi connectivity index (χ3v) is 8.70. The number of aromatic nitrogens is 2. The van der Waals surface area contributed by atoms with Gasteiger partial charge in [-0.2, -0.15) is 0 Å². The number of benzene rings is 1. The molecule has 4 heterocycles. The fourth-order valence-corrected chi connectivity index (χ4v) is 6.66. The van der Waals surface area contributed by atoms with Gasteiger partial charge in [0, 0.05) is 49.2 Å². The lowest BCUT2D eigenvalue weighted by Crippen LogP contribution is -2.44. The molecule has 3 aliphatic rings. The summed E-state index contributed by atoms with van der Waals surface area (Å²) in [6, 6.07) is 6.39. The molecule has 206 valence electrons. The second-order valence-electron chi connectivity index (χ2n) is 11.2. The van der Waals surface area contributed by atoms with E-state index in [9.17, 15) is 14.7 Å². The SMILES string of the molecule is CCCc1c(C(O)C=O)cc2n(c1=O)Cc1c-2nc2cc3c(cc2c1CNCCCN1CCNCC1)CCC3. The number of aryl methyl sites for hydroxylation is 2. The molecular formula is C31H39N5O3. The molecule has 6 rings (SSSR count). The minimum Gasteiger partial charge on any atom is -0.381 e. The van der Waals surface area contributed by atoms with Crippen molar-refractivity contribution in [3.05, 3.63) is 61.9 Å². The van der Waals surface area contributed by atoms with E-state index in [0.29, 0.717) is 36.1 Å². The van der Waals surface area contributed by atoms with Crippen LogP contribution in [0, 0.1) is 0 Å². The number of nitrogens with zero attached hydrogens (tertiary/aromatic N) is 3. The van der Waals surface area contributed by atoms with Crippen LogP contribution in [0.15, 0.2) is 23.0 Å². The number of carbonyl (C=O) groups excluding carboxylic acids is 1. The van der Waals surface area contributed by atoms with Crippen LogP contribution in [0.25, 0.3) is 22.3 Å². The number of piperazine rings is 1. The van der Waals surface area contributed by atoms with E-state index in [4.69, 9.17) is 4.98 Å². The van der Waals surface area contributed by atoms with E-state index < -0.39 is 6.10 Å². The molecule has 0 spiro atoms. The first-order valence-corrected chi connectivity index (χ1v) is 14.6. The molecular weight excluding hydrogens is 490 g/mol. The smallest absolute Gasteiger partial charge is 0.254 e. The van der Waals surface area contributed by atoms with Crippen molar-refractivity contribution in [1.29, 1.82) is 0 Å². The molecule has 2 aromatic heterocycles. The molecule has 8 nitrogen and oxygen atoms in total. The van der Waals surface area contributed by atoms with Gasteiger partial charge in [-0.3, -0.25) is 4.79 Å². The van der Waals surface area contributed by atoms with Crippen LogP contribution in [-0.4, -0.2) is 65.1 Å². The summed E-state index contributed by atoms with van der Waals surface area (Å²) >= 11 is 0. The molecule has 2 aliphatic heterocycles. The Morgan fingerprint density at radius 1 is 1.15 bits per heavy atom. The number of aliphatic hydroxyl groups is 1. The number of rotatable bonds is 10. The molecule has 1 fully saturated rings. The number of pyridine rings is 2. The molecule has 39 heavy (non-hydrogen) atoms.